The first-order valence-corrected chi connectivity index (χ1v) is 7.34. The zero-order chi connectivity index (χ0) is 15.9. The van der Waals surface area contributed by atoms with Crippen LogP contribution in [0.4, 0.5) is 4.79 Å². The van der Waals surface area contributed by atoms with E-state index in [0.717, 1.165) is 5.69 Å². The van der Waals surface area contributed by atoms with E-state index in [9.17, 15) is 9.59 Å². The van der Waals surface area contributed by atoms with Crippen molar-refractivity contribution in [2.75, 3.05) is 7.11 Å². The van der Waals surface area contributed by atoms with Crippen LogP contribution in [-0.2, 0) is 11.3 Å². The highest BCUT2D eigenvalue weighted by Gasteiger charge is 2.26. The maximum atomic E-state index is 11.8. The third-order valence-electron chi connectivity index (χ3n) is 3.88. The van der Waals surface area contributed by atoms with Gasteiger partial charge in [0.15, 0.2) is 0 Å². The van der Waals surface area contributed by atoms with Gasteiger partial charge in [-0.15, -0.1) is 0 Å². The maximum absolute atomic E-state index is 11.8. The van der Waals surface area contributed by atoms with Gasteiger partial charge in [0, 0.05) is 6.04 Å². The molecule has 0 unspecified atom stereocenters. The van der Waals surface area contributed by atoms with E-state index in [1.54, 1.807) is 25.4 Å². The third-order valence-corrected chi connectivity index (χ3v) is 3.88. The van der Waals surface area contributed by atoms with Crippen LogP contribution in [0.1, 0.15) is 31.4 Å². The van der Waals surface area contributed by atoms with Crippen LogP contribution in [-0.4, -0.2) is 35.2 Å². The summed E-state index contributed by atoms with van der Waals surface area (Å²) in [5.74, 6) is -0.346. The normalized spacial score (nSPS) is 21.0. The minimum atomic E-state index is -0.742. The van der Waals surface area contributed by atoms with Crippen LogP contribution in [0.5, 0.6) is 5.75 Å². The average molecular weight is 307 g/mol. The van der Waals surface area contributed by atoms with Crippen molar-refractivity contribution in [3.63, 3.8) is 0 Å². The number of hydrogen-bond donors (Lipinski definition) is 3. The van der Waals surface area contributed by atoms with Gasteiger partial charge in [-0.3, -0.25) is 9.78 Å². The molecule has 1 heterocycles. The Kier molecular flexibility index (Phi) is 5.57. The number of carbonyl (C=O) groups excluding carboxylic acids is 1. The quantitative estimate of drug-likeness (QED) is 0.766. The number of aliphatic carboxylic acids is 1. The van der Waals surface area contributed by atoms with Gasteiger partial charge in [0.05, 0.1) is 31.5 Å². The highest BCUT2D eigenvalue weighted by Crippen LogP contribution is 2.24. The van der Waals surface area contributed by atoms with Gasteiger partial charge in [-0.05, 0) is 37.8 Å². The monoisotopic (exact) mass is 307 g/mol. The molecule has 0 aliphatic heterocycles. The number of methoxy groups -OCH3 is 1. The minimum Gasteiger partial charge on any atom is -0.495 e. The molecule has 1 aromatic heterocycles. The summed E-state index contributed by atoms with van der Waals surface area (Å²) in [4.78, 5) is 26.9. The van der Waals surface area contributed by atoms with Gasteiger partial charge in [0.2, 0.25) is 0 Å². The lowest BCUT2D eigenvalue weighted by Gasteiger charge is -2.26. The molecule has 7 nitrogen and oxygen atoms in total. The van der Waals surface area contributed by atoms with Crippen LogP contribution < -0.4 is 15.4 Å². The van der Waals surface area contributed by atoms with Gasteiger partial charge in [0.25, 0.3) is 0 Å². The minimum absolute atomic E-state index is 0.0411. The molecule has 0 radical (unpaired) electrons. The number of rotatable bonds is 5. The molecule has 1 saturated carbocycles. The highest BCUT2D eigenvalue weighted by molar-refractivity contribution is 5.74. The van der Waals surface area contributed by atoms with Crippen LogP contribution in [0, 0.1) is 5.92 Å². The largest absolute Gasteiger partial charge is 0.495 e. The molecule has 3 N–H and O–H groups in total. The summed E-state index contributed by atoms with van der Waals surface area (Å²) in [6.07, 6.45) is 4.22. The highest BCUT2D eigenvalue weighted by atomic mass is 16.5. The van der Waals surface area contributed by atoms with E-state index >= 15 is 0 Å². The second-order valence-corrected chi connectivity index (χ2v) is 5.40. The molecule has 1 aromatic rings. The lowest BCUT2D eigenvalue weighted by atomic mass is 9.86. The predicted octanol–water partition coefficient (Wildman–Crippen LogP) is 1.53. The van der Waals surface area contributed by atoms with E-state index in [2.05, 4.69) is 15.6 Å². The van der Waals surface area contributed by atoms with Gasteiger partial charge in [-0.1, -0.05) is 0 Å². The Hall–Kier alpha value is -2.31. The van der Waals surface area contributed by atoms with Crippen molar-refractivity contribution in [1.82, 2.24) is 15.6 Å². The molecule has 7 heteroatoms. The summed E-state index contributed by atoms with van der Waals surface area (Å²) in [6, 6.07) is 3.36. The molecular weight excluding hydrogens is 286 g/mol. The number of hydrogen-bond acceptors (Lipinski definition) is 4. The van der Waals surface area contributed by atoms with Crippen molar-refractivity contribution in [3.8, 4) is 5.75 Å². The molecule has 120 valence electrons. The number of urea groups is 1. The number of carbonyl (C=O) groups is 2. The Morgan fingerprint density at radius 1 is 1.32 bits per heavy atom. The molecule has 1 aliphatic carbocycles. The number of carboxylic acids is 1. The summed E-state index contributed by atoms with van der Waals surface area (Å²) >= 11 is 0. The second kappa shape index (κ2) is 7.63. The third kappa shape index (κ3) is 4.61. The van der Waals surface area contributed by atoms with E-state index in [-0.39, 0.29) is 18.0 Å². The summed E-state index contributed by atoms with van der Waals surface area (Å²) in [6.45, 7) is 0.334. The number of carboxylic acid groups (broad SMARTS) is 1. The zero-order valence-corrected chi connectivity index (χ0v) is 12.5. The number of aromatic nitrogens is 1. The van der Waals surface area contributed by atoms with Gasteiger partial charge >= 0.3 is 12.0 Å². The second-order valence-electron chi connectivity index (χ2n) is 5.40. The first-order chi connectivity index (χ1) is 10.6. The standard InChI is InChI=1S/C15H21N3O4/c1-22-13-7-6-12(16-9-13)8-17-15(21)18-11-4-2-10(3-5-11)14(19)20/h6-7,9-11H,2-5,8H2,1H3,(H,19,20)(H2,17,18,21). The Morgan fingerprint density at radius 3 is 2.59 bits per heavy atom. The van der Waals surface area contributed by atoms with E-state index in [1.807, 2.05) is 0 Å². The first-order valence-electron chi connectivity index (χ1n) is 7.34. The molecule has 0 aromatic carbocycles. The summed E-state index contributed by atoms with van der Waals surface area (Å²) in [5, 5.41) is 14.6. The summed E-state index contributed by atoms with van der Waals surface area (Å²) < 4.78 is 5.02. The Morgan fingerprint density at radius 2 is 2.05 bits per heavy atom. The lowest BCUT2D eigenvalue weighted by Crippen LogP contribution is -2.44. The van der Waals surface area contributed by atoms with Crippen LogP contribution in [0.2, 0.25) is 0 Å². The fourth-order valence-electron chi connectivity index (χ4n) is 2.53. The summed E-state index contributed by atoms with van der Waals surface area (Å²) in [7, 11) is 1.57. The molecule has 0 saturated heterocycles. The Bertz CT molecular complexity index is 510. The van der Waals surface area contributed by atoms with Crippen molar-refractivity contribution >= 4 is 12.0 Å². The molecule has 0 spiro atoms. The van der Waals surface area contributed by atoms with Crippen molar-refractivity contribution in [2.45, 2.75) is 38.3 Å². The molecule has 22 heavy (non-hydrogen) atoms. The zero-order valence-electron chi connectivity index (χ0n) is 12.5. The fourth-order valence-corrected chi connectivity index (χ4v) is 2.53. The topological polar surface area (TPSA) is 101 Å². The van der Waals surface area contributed by atoms with E-state index in [0.29, 0.717) is 38.0 Å². The Balaban J connectivity index is 1.70. The lowest BCUT2D eigenvalue weighted by molar-refractivity contribution is -0.142. The van der Waals surface area contributed by atoms with E-state index < -0.39 is 5.97 Å². The van der Waals surface area contributed by atoms with Crippen LogP contribution in [0.3, 0.4) is 0 Å². The molecule has 1 fully saturated rings. The average Bonchev–Trinajstić information content (AvgIpc) is 2.54. The fraction of sp³-hybridized carbons (Fsp3) is 0.533. The maximum Gasteiger partial charge on any atom is 0.315 e. The molecular formula is C15H21N3O4. The number of nitrogens with one attached hydrogen (secondary N) is 2. The molecule has 1 aliphatic rings. The van der Waals surface area contributed by atoms with Crippen molar-refractivity contribution in [3.05, 3.63) is 24.0 Å². The number of pyridine rings is 1. The van der Waals surface area contributed by atoms with Crippen molar-refractivity contribution < 1.29 is 19.4 Å². The molecule has 2 amide bonds. The van der Waals surface area contributed by atoms with Crippen molar-refractivity contribution in [2.24, 2.45) is 5.92 Å². The van der Waals surface area contributed by atoms with Gasteiger partial charge in [-0.25, -0.2) is 4.79 Å². The van der Waals surface area contributed by atoms with Crippen molar-refractivity contribution in [1.29, 1.82) is 0 Å². The van der Waals surface area contributed by atoms with Crippen LogP contribution in [0.25, 0.3) is 0 Å². The van der Waals surface area contributed by atoms with Gasteiger partial charge in [0.1, 0.15) is 5.75 Å². The molecule has 0 bridgehead atoms. The number of ether oxygens (including phenoxy) is 1. The van der Waals surface area contributed by atoms with Crippen LogP contribution in [0.15, 0.2) is 18.3 Å². The van der Waals surface area contributed by atoms with E-state index in [1.165, 1.54) is 0 Å². The number of nitrogens with zero attached hydrogens (tertiary/aromatic N) is 1. The van der Waals surface area contributed by atoms with E-state index in [4.69, 9.17) is 9.84 Å². The SMILES string of the molecule is COc1ccc(CNC(=O)NC2CCC(C(=O)O)CC2)nc1. The molecule has 2 rings (SSSR count). The molecule has 0 atom stereocenters. The van der Waals surface area contributed by atoms with Crippen LogP contribution >= 0.6 is 0 Å². The number of amides is 2. The smallest absolute Gasteiger partial charge is 0.315 e. The predicted molar refractivity (Wildman–Crippen MR) is 79.5 cm³/mol. The summed E-state index contributed by atoms with van der Waals surface area (Å²) in [5.41, 5.74) is 0.741. The first kappa shape index (κ1) is 16.1. The van der Waals surface area contributed by atoms with Gasteiger partial charge in [-0.2, -0.15) is 0 Å². The Labute approximate surface area is 129 Å². The van der Waals surface area contributed by atoms with Gasteiger partial charge < -0.3 is 20.5 Å².